The molecule has 21 heavy (non-hydrogen) atoms. The van der Waals surface area contributed by atoms with Gasteiger partial charge in [0.1, 0.15) is 17.1 Å². The summed E-state index contributed by atoms with van der Waals surface area (Å²) in [6, 6.07) is 7.78. The molecule has 1 N–H and O–H groups in total. The van der Waals surface area contributed by atoms with E-state index in [-0.39, 0.29) is 5.56 Å². The maximum Gasteiger partial charge on any atom is 0.339 e. The van der Waals surface area contributed by atoms with Gasteiger partial charge in [0.2, 0.25) is 0 Å². The summed E-state index contributed by atoms with van der Waals surface area (Å²) in [5, 5.41) is 15.6. The smallest absolute Gasteiger partial charge is 0.339 e. The van der Waals surface area contributed by atoms with Crippen LogP contribution in [0.5, 0.6) is 0 Å². The molecule has 0 aliphatic carbocycles. The number of carboxylic acid groups (broad SMARTS) is 1. The van der Waals surface area contributed by atoms with Crippen molar-refractivity contribution >= 4 is 17.3 Å². The third-order valence-electron chi connectivity index (χ3n) is 3.09. The second-order valence-corrected chi connectivity index (χ2v) is 5.47. The van der Waals surface area contributed by atoms with Crippen molar-refractivity contribution < 1.29 is 14.3 Å². The van der Waals surface area contributed by atoms with Gasteiger partial charge in [-0.15, -0.1) is 11.3 Å². The van der Waals surface area contributed by atoms with Crippen LogP contribution < -0.4 is 0 Å². The Balaban J connectivity index is 2.18. The summed E-state index contributed by atoms with van der Waals surface area (Å²) in [5.74, 6) is -1.45. The van der Waals surface area contributed by atoms with Crippen molar-refractivity contribution in [2.24, 2.45) is 0 Å². The molecular weight excluding hydrogens is 291 g/mol. The minimum absolute atomic E-state index is 0.102. The molecular formula is C15H11FN2O2S. The standard InChI is InChI=1S/C15H11FN2O2S/c1-9-5-6-21-14(9)13-12(15(19)20)8-18(17-13)11-4-2-3-10(16)7-11/h2-8H,1H3,(H,19,20). The van der Waals surface area contributed by atoms with Crippen LogP contribution in [-0.2, 0) is 0 Å². The first-order chi connectivity index (χ1) is 10.1. The molecule has 0 aliphatic rings. The van der Waals surface area contributed by atoms with Gasteiger partial charge >= 0.3 is 5.97 Å². The summed E-state index contributed by atoms with van der Waals surface area (Å²) in [4.78, 5) is 12.2. The quantitative estimate of drug-likeness (QED) is 0.801. The van der Waals surface area contributed by atoms with Crippen LogP contribution in [0, 0.1) is 12.7 Å². The highest BCUT2D eigenvalue weighted by Gasteiger charge is 2.20. The molecule has 0 amide bonds. The zero-order valence-electron chi connectivity index (χ0n) is 11.1. The molecule has 3 rings (SSSR count). The maximum atomic E-state index is 13.3. The molecule has 0 radical (unpaired) electrons. The van der Waals surface area contributed by atoms with E-state index < -0.39 is 11.8 Å². The van der Waals surface area contributed by atoms with E-state index in [9.17, 15) is 14.3 Å². The molecule has 106 valence electrons. The van der Waals surface area contributed by atoms with Crippen molar-refractivity contribution in [2.45, 2.75) is 6.92 Å². The average molecular weight is 302 g/mol. The summed E-state index contributed by atoms with van der Waals surface area (Å²) < 4.78 is 14.7. The molecule has 6 heteroatoms. The van der Waals surface area contributed by atoms with E-state index >= 15 is 0 Å². The van der Waals surface area contributed by atoms with Gasteiger partial charge in [-0.2, -0.15) is 5.10 Å². The van der Waals surface area contributed by atoms with Gasteiger partial charge in [-0.05, 0) is 42.1 Å². The molecule has 0 aliphatic heterocycles. The Bertz CT molecular complexity index is 823. The van der Waals surface area contributed by atoms with E-state index in [2.05, 4.69) is 5.10 Å². The Labute approximate surface area is 124 Å². The fraction of sp³-hybridized carbons (Fsp3) is 0.0667. The minimum Gasteiger partial charge on any atom is -0.478 e. The molecule has 3 aromatic rings. The number of rotatable bonds is 3. The zero-order chi connectivity index (χ0) is 15.0. The van der Waals surface area contributed by atoms with Gasteiger partial charge in [0.05, 0.1) is 10.6 Å². The first kappa shape index (κ1) is 13.5. The summed E-state index contributed by atoms with van der Waals surface area (Å²) in [6.07, 6.45) is 1.41. The van der Waals surface area contributed by atoms with Gasteiger partial charge in [-0.1, -0.05) is 6.07 Å². The summed E-state index contributed by atoms with van der Waals surface area (Å²) in [7, 11) is 0. The molecule has 0 unspecified atom stereocenters. The van der Waals surface area contributed by atoms with E-state index in [0.29, 0.717) is 11.4 Å². The van der Waals surface area contributed by atoms with Crippen molar-refractivity contribution in [3.05, 3.63) is 58.9 Å². The van der Waals surface area contributed by atoms with Gasteiger partial charge in [0.15, 0.2) is 0 Å². The lowest BCUT2D eigenvalue weighted by molar-refractivity contribution is 0.0697. The van der Waals surface area contributed by atoms with Crippen molar-refractivity contribution in [3.8, 4) is 16.3 Å². The van der Waals surface area contributed by atoms with Crippen LogP contribution in [0.1, 0.15) is 15.9 Å². The predicted octanol–water partition coefficient (Wildman–Crippen LogP) is 3.75. The van der Waals surface area contributed by atoms with Crippen LogP contribution in [0.25, 0.3) is 16.3 Å². The lowest BCUT2D eigenvalue weighted by atomic mass is 10.2. The van der Waals surface area contributed by atoms with Crippen LogP contribution in [0.4, 0.5) is 4.39 Å². The molecule has 0 bridgehead atoms. The number of thiophene rings is 1. The van der Waals surface area contributed by atoms with Crippen molar-refractivity contribution in [1.29, 1.82) is 0 Å². The maximum absolute atomic E-state index is 13.3. The number of carboxylic acids is 1. The van der Waals surface area contributed by atoms with E-state index in [4.69, 9.17) is 0 Å². The molecule has 2 aromatic heterocycles. The van der Waals surface area contributed by atoms with Gasteiger partial charge in [0.25, 0.3) is 0 Å². The van der Waals surface area contributed by atoms with Crippen LogP contribution in [0.2, 0.25) is 0 Å². The third-order valence-corrected chi connectivity index (χ3v) is 4.12. The molecule has 0 saturated carbocycles. The van der Waals surface area contributed by atoms with Gasteiger partial charge in [-0.25, -0.2) is 13.9 Å². The molecule has 0 spiro atoms. The molecule has 4 nitrogen and oxygen atoms in total. The zero-order valence-corrected chi connectivity index (χ0v) is 11.9. The average Bonchev–Trinajstić information content (AvgIpc) is 3.04. The van der Waals surface area contributed by atoms with Crippen molar-refractivity contribution in [2.75, 3.05) is 0 Å². The SMILES string of the molecule is Cc1ccsc1-c1nn(-c2cccc(F)c2)cc1C(=O)O. The fourth-order valence-electron chi connectivity index (χ4n) is 2.06. The summed E-state index contributed by atoms with van der Waals surface area (Å²) in [6.45, 7) is 1.90. The van der Waals surface area contributed by atoms with Crippen LogP contribution in [-0.4, -0.2) is 20.9 Å². The van der Waals surface area contributed by atoms with Gasteiger partial charge in [0, 0.05) is 6.20 Å². The minimum atomic E-state index is -1.06. The van der Waals surface area contributed by atoms with Gasteiger partial charge in [-0.3, -0.25) is 0 Å². The second-order valence-electron chi connectivity index (χ2n) is 4.55. The third kappa shape index (κ3) is 2.45. The second kappa shape index (κ2) is 5.14. The molecule has 1 aromatic carbocycles. The number of nitrogens with zero attached hydrogens (tertiary/aromatic N) is 2. The summed E-state index contributed by atoms with van der Waals surface area (Å²) in [5.41, 5.74) is 1.95. The molecule has 0 atom stereocenters. The Morgan fingerprint density at radius 3 is 2.81 bits per heavy atom. The molecule has 0 saturated heterocycles. The predicted molar refractivity (Wildman–Crippen MR) is 78.5 cm³/mol. The van der Waals surface area contributed by atoms with E-state index in [1.807, 2.05) is 18.4 Å². The lowest BCUT2D eigenvalue weighted by Crippen LogP contribution is -1.96. The molecule has 0 fully saturated rings. The fourth-order valence-corrected chi connectivity index (χ4v) is 2.99. The highest BCUT2D eigenvalue weighted by molar-refractivity contribution is 7.13. The largest absolute Gasteiger partial charge is 0.478 e. The Kier molecular flexibility index (Phi) is 3.31. The lowest BCUT2D eigenvalue weighted by Gasteiger charge is -2.00. The number of hydrogen-bond donors (Lipinski definition) is 1. The van der Waals surface area contributed by atoms with Crippen molar-refractivity contribution in [1.82, 2.24) is 9.78 Å². The topological polar surface area (TPSA) is 55.1 Å². The Morgan fingerprint density at radius 1 is 1.38 bits per heavy atom. The number of benzene rings is 1. The Hall–Kier alpha value is -2.47. The van der Waals surface area contributed by atoms with E-state index in [0.717, 1.165) is 10.4 Å². The highest BCUT2D eigenvalue weighted by atomic mass is 32.1. The van der Waals surface area contributed by atoms with Crippen LogP contribution >= 0.6 is 11.3 Å². The van der Waals surface area contributed by atoms with Crippen LogP contribution in [0.15, 0.2) is 41.9 Å². The first-order valence-electron chi connectivity index (χ1n) is 6.19. The number of aryl methyl sites for hydroxylation is 1. The van der Waals surface area contributed by atoms with E-state index in [1.54, 1.807) is 12.1 Å². The first-order valence-corrected chi connectivity index (χ1v) is 7.07. The van der Waals surface area contributed by atoms with Crippen molar-refractivity contribution in [3.63, 3.8) is 0 Å². The Morgan fingerprint density at radius 2 is 2.19 bits per heavy atom. The highest BCUT2D eigenvalue weighted by Crippen LogP contribution is 2.31. The number of aromatic nitrogens is 2. The van der Waals surface area contributed by atoms with Gasteiger partial charge < -0.3 is 5.11 Å². The summed E-state index contributed by atoms with van der Waals surface area (Å²) >= 11 is 1.43. The van der Waals surface area contributed by atoms with Crippen LogP contribution in [0.3, 0.4) is 0 Å². The number of aromatic carboxylic acids is 1. The molecule has 2 heterocycles. The normalized spacial score (nSPS) is 10.8. The number of halogens is 1. The monoisotopic (exact) mass is 302 g/mol. The van der Waals surface area contributed by atoms with E-state index in [1.165, 1.54) is 34.3 Å². The number of carbonyl (C=O) groups is 1. The number of hydrogen-bond acceptors (Lipinski definition) is 3.